The average Bonchev–Trinajstić information content (AvgIpc) is 3.13. The molecule has 1 amide bonds. The van der Waals surface area contributed by atoms with Crippen molar-refractivity contribution in [2.75, 3.05) is 31.6 Å². The Hall–Kier alpha value is -2.65. The first-order chi connectivity index (χ1) is 13.0. The first kappa shape index (κ1) is 17.7. The molecule has 0 bridgehead atoms. The van der Waals surface area contributed by atoms with Crippen LogP contribution in [0.2, 0.25) is 0 Å². The molecule has 0 unspecified atom stereocenters. The van der Waals surface area contributed by atoms with Crippen molar-refractivity contribution in [1.82, 2.24) is 14.9 Å². The second kappa shape index (κ2) is 7.16. The van der Waals surface area contributed by atoms with Crippen molar-refractivity contribution < 1.29 is 23.0 Å². The number of nitrogens with one attached hydrogen (secondary N) is 1. The van der Waals surface area contributed by atoms with Crippen molar-refractivity contribution in [2.45, 2.75) is 18.6 Å². The zero-order chi connectivity index (χ0) is 18.9. The number of carbonyl (C=O) groups excluding carboxylic acids is 1. The maximum absolute atomic E-state index is 13.3. The number of ether oxygens (including phenoxy) is 2. The third-order valence-corrected chi connectivity index (χ3v) is 4.70. The summed E-state index contributed by atoms with van der Waals surface area (Å²) >= 11 is 0. The summed E-state index contributed by atoms with van der Waals surface area (Å²) in [4.78, 5) is 22.5. The molecule has 142 valence electrons. The lowest BCUT2D eigenvalue weighted by Crippen LogP contribution is -2.47. The minimum Gasteiger partial charge on any atom is -0.347 e. The lowest BCUT2D eigenvalue weighted by molar-refractivity contribution is -0.181. The molecule has 9 heteroatoms. The van der Waals surface area contributed by atoms with Gasteiger partial charge in [0.05, 0.1) is 13.2 Å². The monoisotopic (exact) mass is 376 g/mol. The van der Waals surface area contributed by atoms with Gasteiger partial charge in [0, 0.05) is 43.8 Å². The van der Waals surface area contributed by atoms with Crippen LogP contribution in [0, 0.1) is 11.6 Å². The molecule has 3 heterocycles. The number of likely N-dealkylation sites (tertiary alicyclic amines) is 1. The van der Waals surface area contributed by atoms with E-state index < -0.39 is 17.4 Å². The Labute approximate surface area is 154 Å². The van der Waals surface area contributed by atoms with Gasteiger partial charge in [-0.2, -0.15) is 0 Å². The Morgan fingerprint density at radius 2 is 1.81 bits per heavy atom. The van der Waals surface area contributed by atoms with Crippen LogP contribution >= 0.6 is 0 Å². The smallest absolute Gasteiger partial charge is 0.272 e. The number of amides is 1. The maximum Gasteiger partial charge on any atom is 0.272 e. The number of hydrogen-bond donors (Lipinski definition) is 1. The van der Waals surface area contributed by atoms with Gasteiger partial charge in [-0.3, -0.25) is 4.79 Å². The highest BCUT2D eigenvalue weighted by atomic mass is 19.2. The van der Waals surface area contributed by atoms with Gasteiger partial charge in [0.1, 0.15) is 17.8 Å². The fourth-order valence-corrected chi connectivity index (χ4v) is 3.26. The molecule has 2 aliphatic rings. The molecule has 1 aromatic carbocycles. The summed E-state index contributed by atoms with van der Waals surface area (Å²) in [6.45, 7) is 2.18. The number of piperidine rings is 1. The zero-order valence-corrected chi connectivity index (χ0v) is 14.5. The van der Waals surface area contributed by atoms with Crippen LogP contribution in [0.3, 0.4) is 0 Å². The largest absolute Gasteiger partial charge is 0.347 e. The molecular weight excluding hydrogens is 358 g/mol. The van der Waals surface area contributed by atoms with Gasteiger partial charge in [-0.1, -0.05) is 0 Å². The van der Waals surface area contributed by atoms with E-state index in [0.29, 0.717) is 50.7 Å². The van der Waals surface area contributed by atoms with Gasteiger partial charge in [0.15, 0.2) is 17.4 Å². The summed E-state index contributed by atoms with van der Waals surface area (Å²) < 4.78 is 37.7. The quantitative estimate of drug-likeness (QED) is 0.887. The summed E-state index contributed by atoms with van der Waals surface area (Å²) in [7, 11) is 0. The van der Waals surface area contributed by atoms with Crippen LogP contribution in [0.25, 0.3) is 0 Å². The number of rotatable bonds is 3. The first-order valence-electron chi connectivity index (χ1n) is 8.66. The number of anilines is 2. The van der Waals surface area contributed by atoms with Gasteiger partial charge < -0.3 is 19.7 Å². The number of halogens is 2. The number of nitrogens with zero attached hydrogens (tertiary/aromatic N) is 3. The summed E-state index contributed by atoms with van der Waals surface area (Å²) in [5.41, 5.74) is 0.542. The van der Waals surface area contributed by atoms with E-state index in [1.165, 1.54) is 18.5 Å². The van der Waals surface area contributed by atoms with Gasteiger partial charge in [-0.25, -0.2) is 18.7 Å². The van der Waals surface area contributed by atoms with E-state index in [-0.39, 0.29) is 11.6 Å². The Bertz CT molecular complexity index is 848. The van der Waals surface area contributed by atoms with Gasteiger partial charge in [0.2, 0.25) is 0 Å². The summed E-state index contributed by atoms with van der Waals surface area (Å²) in [6.07, 6.45) is 2.48. The summed E-state index contributed by atoms with van der Waals surface area (Å²) in [6, 6.07) is 4.90. The van der Waals surface area contributed by atoms with Crippen LogP contribution in [-0.4, -0.2) is 52.9 Å². The summed E-state index contributed by atoms with van der Waals surface area (Å²) in [5.74, 6) is -2.36. The molecule has 1 aromatic heterocycles. The predicted octanol–water partition coefficient (Wildman–Crippen LogP) is 2.48. The number of aromatic nitrogens is 2. The van der Waals surface area contributed by atoms with E-state index in [4.69, 9.17) is 9.47 Å². The lowest BCUT2D eigenvalue weighted by atomic mass is 10.0. The minimum atomic E-state index is -0.969. The molecule has 0 aliphatic carbocycles. The minimum absolute atomic E-state index is 0.222. The van der Waals surface area contributed by atoms with Crippen molar-refractivity contribution in [1.29, 1.82) is 0 Å². The standard InChI is InChI=1S/C18H18F2N4O3/c19-13-2-1-12(9-14(13)20)23-16-10-15(21-11-22-16)17(25)24-5-3-18(4-6-24)26-7-8-27-18/h1-2,9-11H,3-8H2,(H,21,22,23). The number of carbonyl (C=O) groups is 1. The molecule has 2 saturated heterocycles. The lowest BCUT2D eigenvalue weighted by Gasteiger charge is -2.37. The van der Waals surface area contributed by atoms with E-state index in [1.807, 2.05) is 0 Å². The Kier molecular flexibility index (Phi) is 4.71. The van der Waals surface area contributed by atoms with Crippen molar-refractivity contribution in [3.05, 3.63) is 47.9 Å². The van der Waals surface area contributed by atoms with Gasteiger partial charge >= 0.3 is 0 Å². The normalized spacial score (nSPS) is 18.7. The van der Waals surface area contributed by atoms with Crippen LogP contribution in [0.4, 0.5) is 20.3 Å². The average molecular weight is 376 g/mol. The second-order valence-corrected chi connectivity index (χ2v) is 6.44. The second-order valence-electron chi connectivity index (χ2n) is 6.44. The molecular formula is C18H18F2N4O3. The number of benzene rings is 1. The van der Waals surface area contributed by atoms with Crippen molar-refractivity contribution in [3.63, 3.8) is 0 Å². The highest BCUT2D eigenvalue weighted by Crippen LogP contribution is 2.31. The van der Waals surface area contributed by atoms with E-state index in [9.17, 15) is 13.6 Å². The molecule has 1 spiro atoms. The van der Waals surface area contributed by atoms with E-state index in [1.54, 1.807) is 4.90 Å². The van der Waals surface area contributed by atoms with Crippen LogP contribution in [-0.2, 0) is 9.47 Å². The zero-order valence-electron chi connectivity index (χ0n) is 14.5. The topological polar surface area (TPSA) is 76.6 Å². The van der Waals surface area contributed by atoms with Crippen LogP contribution in [0.15, 0.2) is 30.6 Å². The molecule has 0 saturated carbocycles. The highest BCUT2D eigenvalue weighted by molar-refractivity contribution is 5.93. The molecule has 2 aliphatic heterocycles. The van der Waals surface area contributed by atoms with Crippen molar-refractivity contribution in [3.8, 4) is 0 Å². The van der Waals surface area contributed by atoms with Gasteiger partial charge in [-0.05, 0) is 12.1 Å². The summed E-state index contributed by atoms with van der Waals surface area (Å²) in [5, 5.41) is 2.84. The van der Waals surface area contributed by atoms with E-state index in [0.717, 1.165) is 12.1 Å². The Morgan fingerprint density at radius 3 is 2.52 bits per heavy atom. The van der Waals surface area contributed by atoms with Gasteiger partial charge in [0.25, 0.3) is 5.91 Å². The van der Waals surface area contributed by atoms with E-state index in [2.05, 4.69) is 15.3 Å². The molecule has 4 rings (SSSR count). The highest BCUT2D eigenvalue weighted by Gasteiger charge is 2.41. The van der Waals surface area contributed by atoms with Crippen LogP contribution in [0.1, 0.15) is 23.3 Å². The fourth-order valence-electron chi connectivity index (χ4n) is 3.26. The van der Waals surface area contributed by atoms with Crippen LogP contribution in [0.5, 0.6) is 0 Å². The Balaban J connectivity index is 1.44. The third-order valence-electron chi connectivity index (χ3n) is 4.70. The third kappa shape index (κ3) is 3.74. The molecule has 1 N–H and O–H groups in total. The SMILES string of the molecule is O=C(c1cc(Nc2ccc(F)c(F)c2)ncn1)N1CCC2(CC1)OCCO2. The van der Waals surface area contributed by atoms with E-state index >= 15 is 0 Å². The maximum atomic E-state index is 13.3. The first-order valence-corrected chi connectivity index (χ1v) is 8.66. The predicted molar refractivity (Wildman–Crippen MR) is 91.4 cm³/mol. The molecule has 0 radical (unpaired) electrons. The molecule has 2 fully saturated rings. The fraction of sp³-hybridized carbons (Fsp3) is 0.389. The molecule has 27 heavy (non-hydrogen) atoms. The molecule has 0 atom stereocenters. The van der Waals surface area contributed by atoms with Crippen molar-refractivity contribution in [2.24, 2.45) is 0 Å². The van der Waals surface area contributed by atoms with Gasteiger partial charge in [-0.15, -0.1) is 0 Å². The number of hydrogen-bond acceptors (Lipinski definition) is 6. The molecule has 7 nitrogen and oxygen atoms in total. The Morgan fingerprint density at radius 1 is 1.07 bits per heavy atom. The molecule has 2 aromatic rings. The van der Waals surface area contributed by atoms with Crippen molar-refractivity contribution >= 4 is 17.4 Å². The van der Waals surface area contributed by atoms with Crippen LogP contribution < -0.4 is 5.32 Å².